The van der Waals surface area contributed by atoms with E-state index in [0.29, 0.717) is 5.92 Å². The largest absolute Gasteiger partial charge is 0.496 e. The molecule has 1 N–H and O–H groups in total. The van der Waals surface area contributed by atoms with E-state index >= 15 is 0 Å². The van der Waals surface area contributed by atoms with Crippen LogP contribution in [0.1, 0.15) is 54.7 Å². The Morgan fingerprint density at radius 2 is 1.90 bits per heavy atom. The molecule has 2 unspecified atom stereocenters. The van der Waals surface area contributed by atoms with Gasteiger partial charge in [-0.1, -0.05) is 25.3 Å². The van der Waals surface area contributed by atoms with Gasteiger partial charge in [-0.25, -0.2) is 0 Å². The second kappa shape index (κ2) is 7.12. The van der Waals surface area contributed by atoms with Crippen molar-refractivity contribution in [2.75, 3.05) is 20.7 Å². The number of rotatable bonds is 4. The summed E-state index contributed by atoms with van der Waals surface area (Å²) in [6.07, 6.45) is 6.73. The number of nitrogens with one attached hydrogen (secondary N) is 1. The fraction of sp³-hybridized carbons (Fsp3) is 0.667. The first-order valence-corrected chi connectivity index (χ1v) is 7.97. The third kappa shape index (κ3) is 3.35. The summed E-state index contributed by atoms with van der Waals surface area (Å²) >= 11 is 0. The zero-order chi connectivity index (χ0) is 14.5. The molecule has 1 aliphatic rings. The lowest BCUT2D eigenvalue weighted by Gasteiger charge is -2.28. The molecule has 1 aromatic carbocycles. The molecule has 2 atom stereocenters. The van der Waals surface area contributed by atoms with Gasteiger partial charge in [0, 0.05) is 5.56 Å². The van der Waals surface area contributed by atoms with E-state index in [4.69, 9.17) is 4.74 Å². The van der Waals surface area contributed by atoms with Crippen molar-refractivity contribution in [2.24, 2.45) is 5.92 Å². The summed E-state index contributed by atoms with van der Waals surface area (Å²) in [6.45, 7) is 5.50. The Morgan fingerprint density at radius 3 is 2.60 bits per heavy atom. The topological polar surface area (TPSA) is 21.3 Å². The van der Waals surface area contributed by atoms with E-state index < -0.39 is 0 Å². The standard InChI is InChI=1S/C18H29NO/c1-13-10-14(2)18(17(11-13)20-4)16-9-7-5-6-8-15(16)12-19-3/h10-11,15-16,19H,5-9,12H2,1-4H3. The van der Waals surface area contributed by atoms with Gasteiger partial charge >= 0.3 is 0 Å². The van der Waals surface area contributed by atoms with Gasteiger partial charge in [-0.2, -0.15) is 0 Å². The van der Waals surface area contributed by atoms with Crippen LogP contribution in [0.3, 0.4) is 0 Å². The Kier molecular flexibility index (Phi) is 5.47. The second-order valence-corrected chi connectivity index (χ2v) is 6.26. The minimum absolute atomic E-state index is 0.639. The van der Waals surface area contributed by atoms with E-state index in [1.54, 1.807) is 0 Å². The van der Waals surface area contributed by atoms with Crippen LogP contribution in [0.2, 0.25) is 0 Å². The molecule has 0 spiro atoms. The van der Waals surface area contributed by atoms with E-state index in [1.165, 1.54) is 48.8 Å². The summed E-state index contributed by atoms with van der Waals surface area (Å²) in [5, 5.41) is 3.39. The average Bonchev–Trinajstić information content (AvgIpc) is 2.64. The lowest BCUT2D eigenvalue weighted by Crippen LogP contribution is -2.25. The fourth-order valence-electron chi connectivity index (χ4n) is 3.85. The van der Waals surface area contributed by atoms with Crippen molar-refractivity contribution < 1.29 is 4.74 Å². The highest BCUT2D eigenvalue weighted by molar-refractivity contribution is 5.45. The van der Waals surface area contributed by atoms with Crippen molar-refractivity contribution in [1.29, 1.82) is 0 Å². The molecular weight excluding hydrogens is 246 g/mol. The number of methoxy groups -OCH3 is 1. The van der Waals surface area contributed by atoms with Crippen molar-refractivity contribution in [3.05, 3.63) is 28.8 Å². The predicted molar refractivity (Wildman–Crippen MR) is 85.7 cm³/mol. The lowest BCUT2D eigenvalue weighted by molar-refractivity contribution is 0.359. The first-order valence-electron chi connectivity index (χ1n) is 7.97. The Balaban J connectivity index is 2.40. The highest BCUT2D eigenvalue weighted by Gasteiger charge is 2.28. The molecule has 2 nitrogen and oxygen atoms in total. The molecule has 0 bridgehead atoms. The Labute approximate surface area is 123 Å². The number of hydrogen-bond donors (Lipinski definition) is 1. The maximum absolute atomic E-state index is 5.71. The van der Waals surface area contributed by atoms with Gasteiger partial charge in [0.2, 0.25) is 0 Å². The van der Waals surface area contributed by atoms with Crippen LogP contribution >= 0.6 is 0 Å². The van der Waals surface area contributed by atoms with Crippen LogP contribution in [0, 0.1) is 19.8 Å². The van der Waals surface area contributed by atoms with Crippen LogP contribution in [0.4, 0.5) is 0 Å². The summed E-state index contributed by atoms with van der Waals surface area (Å²) in [6, 6.07) is 4.50. The minimum atomic E-state index is 0.639. The summed E-state index contributed by atoms with van der Waals surface area (Å²) in [7, 11) is 3.88. The quantitative estimate of drug-likeness (QED) is 0.832. The van der Waals surface area contributed by atoms with Crippen LogP contribution in [-0.2, 0) is 0 Å². The number of ether oxygens (including phenoxy) is 1. The van der Waals surface area contributed by atoms with Crippen LogP contribution in [0.15, 0.2) is 12.1 Å². The molecule has 2 heteroatoms. The smallest absolute Gasteiger partial charge is 0.122 e. The highest BCUT2D eigenvalue weighted by atomic mass is 16.5. The van der Waals surface area contributed by atoms with E-state index in [9.17, 15) is 0 Å². The van der Waals surface area contributed by atoms with Crippen molar-refractivity contribution in [2.45, 2.75) is 51.9 Å². The molecule has 20 heavy (non-hydrogen) atoms. The summed E-state index contributed by atoms with van der Waals surface area (Å²) in [5.41, 5.74) is 4.15. The van der Waals surface area contributed by atoms with Gasteiger partial charge in [-0.15, -0.1) is 0 Å². The molecule has 0 saturated heterocycles. The zero-order valence-electron chi connectivity index (χ0n) is 13.5. The molecule has 0 aromatic heterocycles. The van der Waals surface area contributed by atoms with Crippen LogP contribution in [0.25, 0.3) is 0 Å². The van der Waals surface area contributed by atoms with Gasteiger partial charge in [0.15, 0.2) is 0 Å². The second-order valence-electron chi connectivity index (χ2n) is 6.26. The summed E-state index contributed by atoms with van der Waals surface area (Å²) < 4.78 is 5.71. The van der Waals surface area contributed by atoms with Crippen molar-refractivity contribution >= 4 is 0 Å². The van der Waals surface area contributed by atoms with Crippen LogP contribution in [0.5, 0.6) is 5.75 Å². The Morgan fingerprint density at radius 1 is 1.15 bits per heavy atom. The summed E-state index contributed by atoms with van der Waals surface area (Å²) in [4.78, 5) is 0. The van der Waals surface area contributed by atoms with E-state index in [0.717, 1.165) is 18.2 Å². The van der Waals surface area contributed by atoms with Gasteiger partial charge in [0.05, 0.1) is 7.11 Å². The van der Waals surface area contributed by atoms with Gasteiger partial charge in [0.25, 0.3) is 0 Å². The SMILES string of the molecule is CNCC1CCCCCC1c1c(C)cc(C)cc1OC. The normalized spacial score (nSPS) is 23.4. The maximum atomic E-state index is 5.71. The molecule has 1 saturated carbocycles. The molecule has 1 aliphatic carbocycles. The molecule has 1 aromatic rings. The van der Waals surface area contributed by atoms with E-state index in [2.05, 4.69) is 38.3 Å². The number of benzene rings is 1. The van der Waals surface area contributed by atoms with E-state index in [1.807, 2.05) is 7.11 Å². The third-order valence-corrected chi connectivity index (χ3v) is 4.71. The fourth-order valence-corrected chi connectivity index (χ4v) is 3.85. The lowest BCUT2D eigenvalue weighted by atomic mass is 9.79. The van der Waals surface area contributed by atoms with E-state index in [-0.39, 0.29) is 0 Å². The van der Waals surface area contributed by atoms with Crippen molar-refractivity contribution in [3.8, 4) is 5.75 Å². The molecule has 1 fully saturated rings. The number of hydrogen-bond acceptors (Lipinski definition) is 2. The minimum Gasteiger partial charge on any atom is -0.496 e. The molecule has 0 aliphatic heterocycles. The molecular formula is C18H29NO. The van der Waals surface area contributed by atoms with Gasteiger partial charge in [0.1, 0.15) is 5.75 Å². The maximum Gasteiger partial charge on any atom is 0.122 e. The van der Waals surface area contributed by atoms with Crippen LogP contribution in [-0.4, -0.2) is 20.7 Å². The molecule has 2 rings (SSSR count). The Bertz CT molecular complexity index is 441. The molecule has 0 heterocycles. The average molecular weight is 275 g/mol. The van der Waals surface area contributed by atoms with Crippen LogP contribution < -0.4 is 10.1 Å². The summed E-state index contributed by atoms with van der Waals surface area (Å²) in [5.74, 6) is 2.47. The first kappa shape index (κ1) is 15.4. The zero-order valence-corrected chi connectivity index (χ0v) is 13.5. The third-order valence-electron chi connectivity index (χ3n) is 4.71. The molecule has 112 valence electrons. The highest BCUT2D eigenvalue weighted by Crippen LogP contribution is 2.42. The van der Waals surface area contributed by atoms with Gasteiger partial charge in [-0.05, 0) is 69.3 Å². The Hall–Kier alpha value is -1.02. The predicted octanol–water partition coefficient (Wildman–Crippen LogP) is 4.20. The number of aryl methyl sites for hydroxylation is 2. The first-order chi connectivity index (χ1) is 9.67. The van der Waals surface area contributed by atoms with Crippen molar-refractivity contribution in [3.63, 3.8) is 0 Å². The van der Waals surface area contributed by atoms with Gasteiger partial charge in [-0.3, -0.25) is 0 Å². The monoisotopic (exact) mass is 275 g/mol. The van der Waals surface area contributed by atoms with Crippen molar-refractivity contribution in [1.82, 2.24) is 5.32 Å². The van der Waals surface area contributed by atoms with Gasteiger partial charge < -0.3 is 10.1 Å². The molecule has 0 radical (unpaired) electrons. The molecule has 0 amide bonds.